The molecule has 0 amide bonds. The van der Waals surface area contributed by atoms with Crippen LogP contribution in [-0.2, 0) is 15.0 Å². The molecule has 0 radical (unpaired) electrons. The molecule has 1 rings (SSSR count). The number of carboxylic acids is 1. The minimum Gasteiger partial charge on any atom is -0.481 e. The Morgan fingerprint density at radius 2 is 2.14 bits per heavy atom. The molecular weight excluding hydrogens is 301 g/mol. The Morgan fingerprint density at radius 1 is 1.52 bits per heavy atom. The van der Waals surface area contributed by atoms with Gasteiger partial charge in [-0.1, -0.05) is 0 Å². The van der Waals surface area contributed by atoms with Crippen LogP contribution in [0.5, 0.6) is 0 Å². The molecule has 0 heterocycles. The summed E-state index contributed by atoms with van der Waals surface area (Å²) in [4.78, 5) is 10.4. The van der Waals surface area contributed by atoms with E-state index in [4.69, 9.17) is 10.4 Å². The Morgan fingerprint density at radius 3 is 2.67 bits per heavy atom. The average Bonchev–Trinajstić information content (AvgIpc) is 2.40. The summed E-state index contributed by atoms with van der Waals surface area (Å²) in [5.74, 6) is -1.84. The van der Waals surface area contributed by atoms with E-state index < -0.39 is 22.0 Å². The van der Waals surface area contributed by atoms with Crippen LogP contribution in [0.15, 0.2) is 12.1 Å². The van der Waals surface area contributed by atoms with Crippen molar-refractivity contribution in [2.45, 2.75) is 13.3 Å². The standard InChI is InChI=1S/C12H14FN3O4S/c1-8-10(13)5-9(7-14)6-11(8)15-21(19,20)16(2)4-3-12(17)18/h5-6,15H,3-4H2,1-2H3,(H,17,18). The molecular formula is C12H14FN3O4S. The number of nitriles is 1. The summed E-state index contributed by atoms with van der Waals surface area (Å²) in [6.07, 6.45) is -0.358. The van der Waals surface area contributed by atoms with Crippen LogP contribution in [0.2, 0.25) is 0 Å². The van der Waals surface area contributed by atoms with Crippen LogP contribution in [0.3, 0.4) is 0 Å². The van der Waals surface area contributed by atoms with E-state index in [1.165, 1.54) is 20.0 Å². The molecule has 0 fully saturated rings. The third-order valence-electron chi connectivity index (χ3n) is 2.76. The van der Waals surface area contributed by atoms with E-state index in [-0.39, 0.29) is 29.8 Å². The zero-order valence-corrected chi connectivity index (χ0v) is 12.2. The number of hydrogen-bond acceptors (Lipinski definition) is 4. The average molecular weight is 315 g/mol. The largest absolute Gasteiger partial charge is 0.481 e. The van der Waals surface area contributed by atoms with E-state index in [2.05, 4.69) is 4.72 Å². The number of carboxylic acid groups (broad SMARTS) is 1. The summed E-state index contributed by atoms with van der Waals surface area (Å²) in [7, 11) is -2.83. The highest BCUT2D eigenvalue weighted by molar-refractivity contribution is 7.90. The van der Waals surface area contributed by atoms with Gasteiger partial charge in [0, 0.05) is 19.2 Å². The monoisotopic (exact) mass is 315 g/mol. The Hall–Kier alpha value is -2.18. The molecule has 7 nitrogen and oxygen atoms in total. The summed E-state index contributed by atoms with van der Waals surface area (Å²) >= 11 is 0. The second-order valence-corrected chi connectivity index (χ2v) is 6.09. The predicted octanol–water partition coefficient (Wildman–Crippen LogP) is 1.07. The van der Waals surface area contributed by atoms with Crippen molar-refractivity contribution >= 4 is 21.9 Å². The number of rotatable bonds is 6. The quantitative estimate of drug-likeness (QED) is 0.815. The molecule has 0 saturated carbocycles. The minimum atomic E-state index is -4.03. The van der Waals surface area contributed by atoms with Gasteiger partial charge >= 0.3 is 16.2 Å². The molecule has 0 atom stereocenters. The summed E-state index contributed by atoms with van der Waals surface area (Å²) in [5, 5.41) is 17.3. The number of halogens is 1. The van der Waals surface area contributed by atoms with Crippen LogP contribution < -0.4 is 4.72 Å². The van der Waals surface area contributed by atoms with Crippen molar-refractivity contribution < 1.29 is 22.7 Å². The van der Waals surface area contributed by atoms with Crippen molar-refractivity contribution in [2.24, 2.45) is 0 Å². The molecule has 1 aromatic rings. The van der Waals surface area contributed by atoms with Gasteiger partial charge in [0.1, 0.15) is 5.82 Å². The molecule has 0 unspecified atom stereocenters. The van der Waals surface area contributed by atoms with E-state index >= 15 is 0 Å². The number of benzene rings is 1. The Kier molecular flexibility index (Phi) is 5.23. The topological polar surface area (TPSA) is 111 Å². The molecule has 21 heavy (non-hydrogen) atoms. The molecule has 0 spiro atoms. The molecule has 2 N–H and O–H groups in total. The first kappa shape index (κ1) is 16.9. The van der Waals surface area contributed by atoms with E-state index in [1.807, 2.05) is 0 Å². The van der Waals surface area contributed by atoms with Gasteiger partial charge in [0.25, 0.3) is 0 Å². The Labute approximate surface area is 121 Å². The highest BCUT2D eigenvalue weighted by Crippen LogP contribution is 2.22. The summed E-state index contributed by atoms with van der Waals surface area (Å²) in [6, 6.07) is 3.93. The number of carbonyl (C=O) groups is 1. The number of nitrogens with zero attached hydrogens (tertiary/aromatic N) is 2. The summed E-state index contributed by atoms with van der Waals surface area (Å²) in [6.45, 7) is 1.13. The molecule has 0 aromatic heterocycles. The molecule has 0 saturated heterocycles. The fourth-order valence-electron chi connectivity index (χ4n) is 1.44. The molecule has 1 aromatic carbocycles. The number of anilines is 1. The number of nitrogens with one attached hydrogen (secondary N) is 1. The maximum absolute atomic E-state index is 13.6. The highest BCUT2D eigenvalue weighted by atomic mass is 32.2. The van der Waals surface area contributed by atoms with Crippen molar-refractivity contribution in [3.05, 3.63) is 29.1 Å². The maximum atomic E-state index is 13.6. The van der Waals surface area contributed by atoms with Gasteiger partial charge in [-0.25, -0.2) is 4.39 Å². The van der Waals surface area contributed by atoms with Crippen LogP contribution >= 0.6 is 0 Å². The predicted molar refractivity (Wildman–Crippen MR) is 73.3 cm³/mol. The first-order valence-electron chi connectivity index (χ1n) is 5.83. The van der Waals surface area contributed by atoms with Crippen molar-refractivity contribution in [3.8, 4) is 6.07 Å². The van der Waals surface area contributed by atoms with Crippen molar-refractivity contribution in [1.29, 1.82) is 5.26 Å². The van der Waals surface area contributed by atoms with Gasteiger partial charge in [-0.05, 0) is 19.1 Å². The molecule has 0 aliphatic rings. The maximum Gasteiger partial charge on any atom is 0.304 e. The van der Waals surface area contributed by atoms with Crippen LogP contribution in [0.4, 0.5) is 10.1 Å². The number of hydrogen-bond donors (Lipinski definition) is 2. The second kappa shape index (κ2) is 6.51. The van der Waals surface area contributed by atoms with Gasteiger partial charge in [0.15, 0.2) is 0 Å². The molecule has 0 aliphatic heterocycles. The molecule has 9 heteroatoms. The van der Waals surface area contributed by atoms with E-state index in [0.29, 0.717) is 0 Å². The second-order valence-electron chi connectivity index (χ2n) is 4.31. The summed E-state index contributed by atoms with van der Waals surface area (Å²) in [5.41, 5.74) is -0.0399. The first-order valence-corrected chi connectivity index (χ1v) is 7.27. The van der Waals surface area contributed by atoms with E-state index in [0.717, 1.165) is 10.4 Å². The lowest BCUT2D eigenvalue weighted by Crippen LogP contribution is -2.34. The SMILES string of the molecule is Cc1c(F)cc(C#N)cc1NS(=O)(=O)N(C)CCC(=O)O. The normalized spacial score (nSPS) is 11.2. The van der Waals surface area contributed by atoms with Gasteiger partial charge in [0.2, 0.25) is 0 Å². The van der Waals surface area contributed by atoms with Crippen LogP contribution in [-0.4, -0.2) is 37.4 Å². The van der Waals surface area contributed by atoms with Gasteiger partial charge < -0.3 is 5.11 Å². The van der Waals surface area contributed by atoms with Crippen molar-refractivity contribution in [1.82, 2.24) is 4.31 Å². The summed E-state index contributed by atoms with van der Waals surface area (Å²) < 4.78 is 40.5. The lowest BCUT2D eigenvalue weighted by Gasteiger charge is -2.18. The van der Waals surface area contributed by atoms with Gasteiger partial charge in [-0.2, -0.15) is 18.0 Å². The third kappa shape index (κ3) is 4.40. The minimum absolute atomic E-state index is 0.0241. The van der Waals surface area contributed by atoms with Crippen LogP contribution in [0, 0.1) is 24.1 Å². The molecule has 0 aliphatic carbocycles. The lowest BCUT2D eigenvalue weighted by atomic mass is 10.1. The first-order chi connectivity index (χ1) is 9.67. The zero-order valence-electron chi connectivity index (χ0n) is 11.4. The van der Waals surface area contributed by atoms with Crippen molar-refractivity contribution in [3.63, 3.8) is 0 Å². The lowest BCUT2D eigenvalue weighted by molar-refractivity contribution is -0.137. The Balaban J connectivity index is 3.02. The van der Waals surface area contributed by atoms with Gasteiger partial charge in [-0.3, -0.25) is 9.52 Å². The molecule has 0 bridgehead atoms. The zero-order chi connectivity index (χ0) is 16.2. The fourth-order valence-corrected chi connectivity index (χ4v) is 2.42. The van der Waals surface area contributed by atoms with Gasteiger partial charge in [-0.15, -0.1) is 0 Å². The number of aliphatic carboxylic acids is 1. The van der Waals surface area contributed by atoms with Crippen molar-refractivity contribution in [2.75, 3.05) is 18.3 Å². The van der Waals surface area contributed by atoms with Gasteiger partial charge in [0.05, 0.1) is 23.7 Å². The third-order valence-corrected chi connectivity index (χ3v) is 4.24. The Bertz CT molecular complexity index is 697. The van der Waals surface area contributed by atoms with Crippen LogP contribution in [0.25, 0.3) is 0 Å². The smallest absolute Gasteiger partial charge is 0.304 e. The van der Waals surface area contributed by atoms with E-state index in [1.54, 1.807) is 6.07 Å². The van der Waals surface area contributed by atoms with Crippen LogP contribution in [0.1, 0.15) is 17.5 Å². The highest BCUT2D eigenvalue weighted by Gasteiger charge is 2.20. The van der Waals surface area contributed by atoms with E-state index in [9.17, 15) is 17.6 Å². The molecule has 114 valence electrons. The fraction of sp³-hybridized carbons (Fsp3) is 0.333.